The highest BCUT2D eigenvalue weighted by Crippen LogP contribution is 2.80. The molecule has 12 aromatic heterocycles. The highest BCUT2D eigenvalue weighted by atomic mass is 35.5. The molecule has 4 atom stereocenters. The lowest BCUT2D eigenvalue weighted by molar-refractivity contribution is -0.361. The molecule has 12 aromatic rings. The first kappa shape index (κ1) is 98.4. The van der Waals surface area contributed by atoms with Crippen LogP contribution in [-0.2, 0) is 92.0 Å². The summed E-state index contributed by atoms with van der Waals surface area (Å²) in [4.78, 5) is 133. The van der Waals surface area contributed by atoms with Gasteiger partial charge in [-0.2, -0.15) is 31.6 Å². The number of nitriles is 1. The number of esters is 4. The normalized spacial score (nSPS) is 23.2. The van der Waals surface area contributed by atoms with E-state index in [1.165, 1.54) is 93.3 Å². The predicted octanol–water partition coefficient (Wildman–Crippen LogP) is 16.5. The summed E-state index contributed by atoms with van der Waals surface area (Å²) >= 11 is 12.3. The molecule has 33 nitrogen and oxygen atoms in total. The minimum absolute atomic E-state index is 0.00252. The van der Waals surface area contributed by atoms with Crippen LogP contribution in [0.25, 0.3) is 45.6 Å². The van der Waals surface area contributed by atoms with Crippen molar-refractivity contribution in [2.75, 3.05) is 0 Å². The average Bonchev–Trinajstić information content (AvgIpc) is 1.08. The monoisotopic (exact) mass is 1980 g/mol. The van der Waals surface area contributed by atoms with Gasteiger partial charge in [0, 0.05) is 147 Å². The molecule has 0 saturated heterocycles. The Balaban J connectivity index is 0.000000130. The van der Waals surface area contributed by atoms with Gasteiger partial charge in [0.15, 0.2) is 23.1 Å². The lowest BCUT2D eigenvalue weighted by Gasteiger charge is -2.70. The Kier molecular flexibility index (Phi) is 26.6. The number of pyridine rings is 8. The summed E-state index contributed by atoms with van der Waals surface area (Å²) in [6, 6.07) is 25.9. The number of Topliss-reactive ketones (excluding diaryl/α,β-unsaturated/α-hetero) is 4. The fourth-order valence-corrected chi connectivity index (χ4v) is 22.2. The van der Waals surface area contributed by atoms with E-state index in [0.717, 1.165) is 44.7 Å². The highest BCUT2D eigenvalue weighted by molar-refractivity contribution is 6.30. The lowest BCUT2D eigenvalue weighted by Crippen LogP contribution is -2.68. The molecule has 12 fully saturated rings. The van der Waals surface area contributed by atoms with Crippen LogP contribution in [0.4, 0.5) is 35.1 Å². The van der Waals surface area contributed by atoms with Gasteiger partial charge in [0.2, 0.25) is 17.8 Å². The minimum Gasteiger partial charge on any atom is -0.457 e. The van der Waals surface area contributed by atoms with E-state index in [1.54, 1.807) is 116 Å². The number of hydrogen-bond acceptors (Lipinski definition) is 29. The zero-order chi connectivity index (χ0) is 100. The van der Waals surface area contributed by atoms with E-state index in [1.807, 2.05) is 0 Å². The summed E-state index contributed by atoms with van der Waals surface area (Å²) in [5.41, 5.74) is 4.19. The number of rotatable bonds is 32. The van der Waals surface area contributed by atoms with Crippen molar-refractivity contribution in [1.29, 1.82) is 5.26 Å². The van der Waals surface area contributed by atoms with Crippen molar-refractivity contribution in [2.45, 2.75) is 197 Å². The van der Waals surface area contributed by atoms with Crippen LogP contribution < -0.4 is 0 Å². The maximum atomic E-state index is 13.9. The quantitative estimate of drug-likeness (QED) is 0.00943. The Morgan fingerprint density at radius 1 is 0.404 bits per heavy atom. The van der Waals surface area contributed by atoms with E-state index in [4.69, 9.17) is 42.1 Å². The number of aryl methyl sites for hydroxylation is 4. The number of carbonyl (C=O) groups is 8. The van der Waals surface area contributed by atoms with Crippen molar-refractivity contribution in [3.8, 4) is 51.6 Å². The van der Waals surface area contributed by atoms with Crippen LogP contribution in [0.1, 0.15) is 241 Å². The molecular weight excluding hydrogens is 1890 g/mol. The van der Waals surface area contributed by atoms with Crippen molar-refractivity contribution >= 4 is 70.2 Å². The van der Waals surface area contributed by atoms with Crippen LogP contribution in [0.15, 0.2) is 141 Å². The highest BCUT2D eigenvalue weighted by Gasteiger charge is 2.78. The average molecular weight is 1980 g/mol. The number of carbonyl (C=O) groups excluding carboxylic acids is 8. The molecular formula is C98H91Cl2F8N21O12. The van der Waals surface area contributed by atoms with E-state index in [2.05, 4.69) is 87.2 Å². The van der Waals surface area contributed by atoms with Crippen LogP contribution >= 0.6 is 23.2 Å². The second kappa shape index (κ2) is 38.1. The van der Waals surface area contributed by atoms with Gasteiger partial charge >= 0.3 is 30.1 Å². The summed E-state index contributed by atoms with van der Waals surface area (Å²) in [5, 5.41) is 41.6. The van der Waals surface area contributed by atoms with Crippen LogP contribution in [0.5, 0.6) is 0 Å². The van der Waals surface area contributed by atoms with Gasteiger partial charge in [0.05, 0.1) is 94.3 Å². The summed E-state index contributed by atoms with van der Waals surface area (Å²) in [6.45, 7) is 6.26. The van der Waals surface area contributed by atoms with E-state index in [9.17, 15) is 78.7 Å². The third-order valence-corrected chi connectivity index (χ3v) is 28.6. The molecule has 24 rings (SSSR count). The SMILES string of the molecule is C[C@@H](OC(=O)Cc1c(-c2ccc(C(=O)CC34CC(C#N)(C3)C4)cn2)nnn1C)c1cc(F)cnc1Cl.C[C@@H](OC(=O)Cc1c(-c2ccc(C(=O)CC34CC(C(F)(F)F)(C3)C4)cn2)nnn1C)c1cccnc1F.C[C@@H](OC(=O)Cc1c(-c2ccc(C(=O)CC34CC(Cl)(C3)C4)cn2)nnn1C)c1cccnc1F.C[C@@H](OC(=O)Cc1c(-c2ccc(C(=O)CC34CC(F)(C3)C4)cn2)nnn1C)c1cccnc1F. The summed E-state index contributed by atoms with van der Waals surface area (Å²) in [7, 11) is 6.54. The van der Waals surface area contributed by atoms with Crippen molar-refractivity contribution in [3.63, 3.8) is 0 Å². The van der Waals surface area contributed by atoms with Crippen LogP contribution in [0, 0.1) is 67.5 Å². The third-order valence-electron chi connectivity index (χ3n) is 27.9. The van der Waals surface area contributed by atoms with Crippen molar-refractivity contribution < 1.29 is 92.4 Å². The van der Waals surface area contributed by atoms with Crippen LogP contribution in [0.3, 0.4) is 0 Å². The number of halogens is 10. The number of aromatic nitrogens is 20. The molecule has 141 heavy (non-hydrogen) atoms. The van der Waals surface area contributed by atoms with Crippen molar-refractivity contribution in [1.82, 2.24) is 99.8 Å². The van der Waals surface area contributed by atoms with Gasteiger partial charge in [0.25, 0.3) is 0 Å². The molecule has 0 aromatic carbocycles. The zero-order valence-corrected chi connectivity index (χ0v) is 78.8. The first-order valence-electron chi connectivity index (χ1n) is 45.2. The van der Waals surface area contributed by atoms with Gasteiger partial charge in [-0.25, -0.2) is 28.7 Å². The minimum atomic E-state index is -4.21. The molecule has 43 heteroatoms. The third kappa shape index (κ3) is 20.4. The maximum absolute atomic E-state index is 13.9. The van der Waals surface area contributed by atoms with Crippen LogP contribution in [0.2, 0.25) is 5.15 Å². The second-order valence-corrected chi connectivity index (χ2v) is 39.8. The van der Waals surface area contributed by atoms with Crippen molar-refractivity contribution in [3.05, 3.63) is 237 Å². The van der Waals surface area contributed by atoms with Gasteiger partial charge in [-0.1, -0.05) is 32.5 Å². The predicted molar refractivity (Wildman–Crippen MR) is 481 cm³/mol. The fraction of sp³-hybridized carbons (Fsp3) is 0.418. The van der Waals surface area contributed by atoms with Gasteiger partial charge in [0.1, 0.15) is 63.8 Å². The van der Waals surface area contributed by atoms with Gasteiger partial charge in [-0.15, -0.1) is 32.0 Å². The largest absolute Gasteiger partial charge is 0.457 e. The molecule has 0 amide bonds. The van der Waals surface area contributed by atoms with E-state index in [-0.39, 0.29) is 128 Å². The number of nitrogens with zero attached hydrogens (tertiary/aromatic N) is 21. The first-order chi connectivity index (χ1) is 66.9. The van der Waals surface area contributed by atoms with E-state index in [0.29, 0.717) is 129 Å². The number of hydrogen-bond donors (Lipinski definition) is 0. The zero-order valence-electron chi connectivity index (χ0n) is 77.3. The molecule has 0 aliphatic heterocycles. The molecule has 8 bridgehead atoms. The Labute approximate surface area is 809 Å². The summed E-state index contributed by atoms with van der Waals surface area (Å²) in [6.07, 6.45) is 10.5. The summed E-state index contributed by atoms with van der Waals surface area (Å²) < 4.78 is 135. The Morgan fingerprint density at radius 2 is 0.688 bits per heavy atom. The number of alkyl halides is 5. The molecule has 0 N–H and O–H groups in total. The van der Waals surface area contributed by atoms with Crippen LogP contribution in [-0.4, -0.2) is 164 Å². The Bertz CT molecular complexity index is 6700. The number of ether oxygens (including phenoxy) is 4. The molecule has 730 valence electrons. The molecule has 12 heterocycles. The Morgan fingerprint density at radius 3 is 0.950 bits per heavy atom. The van der Waals surface area contributed by atoms with Gasteiger partial charge in [-0.05, 0) is 217 Å². The van der Waals surface area contributed by atoms with Gasteiger partial charge in [-0.3, -0.25) is 77.0 Å². The first-order valence-corrected chi connectivity index (χ1v) is 45.9. The second-order valence-electron chi connectivity index (χ2n) is 38.7. The molecule has 0 radical (unpaired) electrons. The maximum Gasteiger partial charge on any atom is 0.394 e. The number of ketones is 4. The van der Waals surface area contributed by atoms with E-state index >= 15 is 0 Å². The van der Waals surface area contributed by atoms with E-state index < -0.39 is 94.6 Å². The molecule has 12 aliphatic carbocycles. The topological polar surface area (TPSA) is 423 Å². The molecule has 0 spiro atoms. The molecule has 12 saturated carbocycles. The fourth-order valence-electron chi connectivity index (χ4n) is 21.1. The van der Waals surface area contributed by atoms with Gasteiger partial charge < -0.3 is 18.9 Å². The summed E-state index contributed by atoms with van der Waals surface area (Å²) in [5.74, 6) is -5.31. The molecule has 0 unspecified atom stereocenters. The Hall–Kier alpha value is -14.2. The lowest BCUT2D eigenvalue weighted by atomic mass is 9.33. The smallest absolute Gasteiger partial charge is 0.394 e. The standard InChI is InChI=1S/C25H22ClFN6O3.C25H23F4N5O3.C24H23ClFN5O3.C24H23F2N5O3/c1-14(17-5-16(27)9-30-23(17)26)36-21(35)6-19-22(31-32-33(19)2)18-4-3-15(8-29-18)20(34)7-24-10-25(11-24,12-24)13-28;1-14(16-4-3-7-30-22(16)26)37-20(36)8-18-21(32-33-34(18)2)17-6-5-15(10-31-17)19(35)9-23-11-24(12-23,13-23)25(27,28)29;1-14(16-4-3-7-27-22(16)26)34-20(33)8-18-21(29-30-31(18)2)17-6-5-15(10-28-17)19(32)9-23-11-24(25,12-23)13-23;1-14(16-4-3-7-27-22(16)25)34-20(33)8-18-21(29-30-31(18)2)17-6-5-15(10-28-17)19(32)9-23-11-24(26,12-23)13-23/h3-5,8-9,14H,6-7,10-12H2,1-2H3;3-7,10,14H,8-9,11-13H2,1-2H3;2*3-7,10,14H,8-9,11-13H2,1-2H3/t14-,24?,25?;3*14-,23?,24?/m1111/s1. The van der Waals surface area contributed by atoms with Crippen molar-refractivity contribution in [2.24, 2.45) is 60.7 Å². The molecule has 12 aliphatic rings.